The van der Waals surface area contributed by atoms with E-state index in [1.807, 2.05) is 19.1 Å². The third-order valence-corrected chi connectivity index (χ3v) is 6.64. The Morgan fingerprint density at radius 3 is 2.65 bits per heavy atom. The first kappa shape index (κ1) is 23.2. The van der Waals surface area contributed by atoms with Crippen molar-refractivity contribution in [2.45, 2.75) is 55.8 Å². The van der Waals surface area contributed by atoms with Crippen LogP contribution in [0.2, 0.25) is 0 Å². The van der Waals surface area contributed by atoms with E-state index < -0.39 is 12.1 Å². The van der Waals surface area contributed by atoms with Crippen molar-refractivity contribution in [3.63, 3.8) is 0 Å². The van der Waals surface area contributed by atoms with E-state index >= 15 is 0 Å². The second kappa shape index (κ2) is 10.7. The van der Waals surface area contributed by atoms with E-state index in [1.165, 1.54) is 11.8 Å². The van der Waals surface area contributed by atoms with Crippen molar-refractivity contribution in [1.82, 2.24) is 0 Å². The largest absolute Gasteiger partial charge is 0.508 e. The fourth-order valence-corrected chi connectivity index (χ4v) is 5.11. The first-order valence-corrected chi connectivity index (χ1v) is 11.4. The van der Waals surface area contributed by atoms with Gasteiger partial charge in [-0.3, -0.25) is 0 Å². The van der Waals surface area contributed by atoms with Gasteiger partial charge in [-0.2, -0.15) is 0 Å². The van der Waals surface area contributed by atoms with Gasteiger partial charge in [0.1, 0.15) is 17.0 Å². The molecule has 168 valence electrons. The number of allylic oxidation sites excluding steroid dienone is 4. The summed E-state index contributed by atoms with van der Waals surface area (Å²) in [4.78, 5) is 11.0. The third-order valence-electron chi connectivity index (χ3n) is 5.32. The molecule has 3 atom stereocenters. The second-order valence-electron chi connectivity index (χ2n) is 7.85. The summed E-state index contributed by atoms with van der Waals surface area (Å²) < 4.78 is 6.27. The number of aliphatic hydroxyl groups is 3. The number of anilines is 1. The number of aliphatic hydroxyl groups excluding tert-OH is 3. The highest BCUT2D eigenvalue weighted by molar-refractivity contribution is 8.00. The van der Waals surface area contributed by atoms with Crippen LogP contribution in [-0.2, 0) is 11.2 Å². The molecule has 0 spiro atoms. The van der Waals surface area contributed by atoms with Crippen LogP contribution in [0.25, 0.3) is 0 Å². The van der Waals surface area contributed by atoms with Gasteiger partial charge in [-0.15, -0.1) is 11.8 Å². The van der Waals surface area contributed by atoms with Gasteiger partial charge in [0.15, 0.2) is 0 Å². The number of carbonyl (C=O) groups excluding carboxylic acids is 1. The molecule has 2 amide bonds. The molecule has 1 heterocycles. The van der Waals surface area contributed by atoms with Gasteiger partial charge in [0, 0.05) is 23.4 Å². The number of amides is 2. The molecule has 0 aromatic heterocycles. The number of thioether (sulfide) groups is 1. The van der Waals surface area contributed by atoms with Crippen molar-refractivity contribution >= 4 is 23.5 Å². The smallest absolute Gasteiger partial charge is 0.316 e. The van der Waals surface area contributed by atoms with E-state index in [1.54, 1.807) is 24.3 Å². The van der Waals surface area contributed by atoms with Crippen LogP contribution < -0.4 is 11.1 Å². The predicted octanol–water partition coefficient (Wildman–Crippen LogP) is 3.75. The molecule has 8 heteroatoms. The zero-order chi connectivity index (χ0) is 22.4. The number of hydrogen-bond acceptors (Lipinski definition) is 6. The second-order valence-corrected chi connectivity index (χ2v) is 9.31. The third kappa shape index (κ3) is 6.78. The van der Waals surface area contributed by atoms with Crippen molar-refractivity contribution in [2.75, 3.05) is 11.9 Å². The zero-order valence-corrected chi connectivity index (χ0v) is 18.4. The molecule has 7 nitrogen and oxygen atoms in total. The van der Waals surface area contributed by atoms with Crippen LogP contribution in [0.3, 0.4) is 0 Å². The summed E-state index contributed by atoms with van der Waals surface area (Å²) in [5.74, 6) is 0.739. The molecule has 1 aliphatic carbocycles. The van der Waals surface area contributed by atoms with Crippen LogP contribution >= 0.6 is 11.8 Å². The number of rotatable bonds is 7. The van der Waals surface area contributed by atoms with Gasteiger partial charge in [0.25, 0.3) is 0 Å². The minimum absolute atomic E-state index is 0.0121. The van der Waals surface area contributed by atoms with Gasteiger partial charge in [-0.25, -0.2) is 4.79 Å². The number of carbonyl (C=O) groups is 1. The summed E-state index contributed by atoms with van der Waals surface area (Å²) in [7, 11) is 0. The summed E-state index contributed by atoms with van der Waals surface area (Å²) in [6, 6.07) is 6.81. The fourth-order valence-electron chi connectivity index (χ4n) is 3.77. The lowest BCUT2D eigenvalue weighted by Gasteiger charge is -2.32. The Morgan fingerprint density at radius 2 is 2.00 bits per heavy atom. The molecule has 3 rings (SSSR count). The van der Waals surface area contributed by atoms with E-state index in [-0.39, 0.29) is 23.1 Å². The highest BCUT2D eigenvalue weighted by atomic mass is 32.2. The molecule has 1 aromatic rings. The zero-order valence-electron chi connectivity index (χ0n) is 17.6. The van der Waals surface area contributed by atoms with Crippen molar-refractivity contribution in [1.29, 1.82) is 0 Å². The summed E-state index contributed by atoms with van der Waals surface area (Å²) in [6.45, 7) is 2.04. The Morgan fingerprint density at radius 1 is 1.26 bits per heavy atom. The SMILES string of the molecule is CCC1=CC(O)=CC(OC2CC(O)CC(CO)S2)=C(Cc2ccc(NC(N)=O)cc2)C1. The van der Waals surface area contributed by atoms with Crippen LogP contribution in [0.4, 0.5) is 10.5 Å². The molecular formula is C23H30N2O5S. The maximum atomic E-state index is 11.0. The number of primary amides is 1. The Labute approximate surface area is 186 Å². The lowest BCUT2D eigenvalue weighted by atomic mass is 9.96. The molecule has 1 aliphatic heterocycles. The van der Waals surface area contributed by atoms with Crippen molar-refractivity contribution in [3.05, 3.63) is 64.6 Å². The molecule has 1 fully saturated rings. The Bertz CT molecular complexity index is 878. The highest BCUT2D eigenvalue weighted by Crippen LogP contribution is 2.36. The molecule has 1 saturated heterocycles. The van der Waals surface area contributed by atoms with E-state index in [2.05, 4.69) is 5.32 Å². The van der Waals surface area contributed by atoms with E-state index in [4.69, 9.17) is 10.5 Å². The van der Waals surface area contributed by atoms with Gasteiger partial charge in [-0.1, -0.05) is 24.6 Å². The standard InChI is InChI=1S/C23H30N2O5S/c1-2-14-7-16(8-15-3-5-17(6-4-15)25-23(24)29)21(11-18(27)9-14)30-22-12-19(28)10-20(13-26)31-22/h3-6,9,11,19-20,22,26-28H,2,7-8,10,12-13H2,1H3,(H3,24,25,29). The summed E-state index contributed by atoms with van der Waals surface area (Å²) in [5, 5.41) is 32.5. The summed E-state index contributed by atoms with van der Waals surface area (Å²) in [5.41, 5.74) is 8.63. The summed E-state index contributed by atoms with van der Waals surface area (Å²) >= 11 is 1.51. The van der Waals surface area contributed by atoms with Gasteiger partial charge in [-0.05, 0) is 55.0 Å². The topological polar surface area (TPSA) is 125 Å². The van der Waals surface area contributed by atoms with Gasteiger partial charge < -0.3 is 31.1 Å². The molecule has 3 unspecified atom stereocenters. The van der Waals surface area contributed by atoms with E-state index in [9.17, 15) is 20.1 Å². The van der Waals surface area contributed by atoms with Gasteiger partial charge >= 0.3 is 6.03 Å². The number of urea groups is 1. The van der Waals surface area contributed by atoms with E-state index in [0.717, 1.165) is 23.1 Å². The maximum Gasteiger partial charge on any atom is 0.316 e. The van der Waals surface area contributed by atoms with Crippen LogP contribution in [0.15, 0.2) is 59.1 Å². The van der Waals surface area contributed by atoms with Gasteiger partial charge in [0.2, 0.25) is 0 Å². The molecule has 1 aromatic carbocycles. The minimum atomic E-state index is -0.610. The van der Waals surface area contributed by atoms with Crippen molar-refractivity contribution < 1.29 is 24.9 Å². The molecule has 0 saturated carbocycles. The predicted molar refractivity (Wildman–Crippen MR) is 123 cm³/mol. The molecule has 0 radical (unpaired) electrons. The van der Waals surface area contributed by atoms with E-state index in [0.29, 0.717) is 37.1 Å². The van der Waals surface area contributed by atoms with Crippen LogP contribution in [-0.4, -0.2) is 44.7 Å². The Balaban J connectivity index is 1.85. The van der Waals surface area contributed by atoms with Crippen molar-refractivity contribution in [2.24, 2.45) is 5.73 Å². The number of nitrogens with one attached hydrogen (secondary N) is 1. The molecule has 0 bridgehead atoms. The van der Waals surface area contributed by atoms with Crippen molar-refractivity contribution in [3.8, 4) is 0 Å². The number of benzene rings is 1. The lowest BCUT2D eigenvalue weighted by molar-refractivity contribution is 0.0813. The Kier molecular flexibility index (Phi) is 8.06. The lowest BCUT2D eigenvalue weighted by Crippen LogP contribution is -2.31. The number of hydrogen-bond donors (Lipinski definition) is 5. The number of ether oxygens (including phenoxy) is 1. The monoisotopic (exact) mass is 446 g/mol. The summed E-state index contributed by atoms with van der Waals surface area (Å²) in [6.07, 6.45) is 5.97. The Hall–Kier alpha value is -2.42. The molecular weight excluding hydrogens is 416 g/mol. The average molecular weight is 447 g/mol. The highest BCUT2D eigenvalue weighted by Gasteiger charge is 2.30. The van der Waals surface area contributed by atoms with Crippen LogP contribution in [0, 0.1) is 0 Å². The molecule has 2 aliphatic rings. The molecule has 6 N–H and O–H groups in total. The quantitative estimate of drug-likeness (QED) is 0.434. The normalized spacial score (nSPS) is 24.2. The minimum Gasteiger partial charge on any atom is -0.508 e. The first-order valence-electron chi connectivity index (χ1n) is 10.4. The number of nitrogens with two attached hydrogens (primary N) is 1. The molecule has 31 heavy (non-hydrogen) atoms. The fraction of sp³-hybridized carbons (Fsp3) is 0.435. The van der Waals surface area contributed by atoms with Crippen LogP contribution in [0.1, 0.15) is 38.2 Å². The maximum absolute atomic E-state index is 11.0. The first-order chi connectivity index (χ1) is 14.9. The van der Waals surface area contributed by atoms with Crippen LogP contribution in [0.5, 0.6) is 0 Å². The average Bonchev–Trinajstić information content (AvgIpc) is 2.86. The van der Waals surface area contributed by atoms with Gasteiger partial charge in [0.05, 0.1) is 12.7 Å².